The summed E-state index contributed by atoms with van der Waals surface area (Å²) in [4.78, 5) is 12.3. The van der Waals surface area contributed by atoms with E-state index in [0.29, 0.717) is 6.42 Å². The average molecular weight is 642 g/mol. The summed E-state index contributed by atoms with van der Waals surface area (Å²) < 4.78 is 0. The van der Waals surface area contributed by atoms with Gasteiger partial charge in [-0.25, -0.2) is 0 Å². The SMILES string of the molecule is CC/C=C\C/C=C\C/C=C\C/C=C\CCCCCCCCC(=O)NC(CO)C(O)/C=C/CCCCCCCCCCCCCCC. The summed E-state index contributed by atoms with van der Waals surface area (Å²) in [6.07, 6.45) is 51.6. The van der Waals surface area contributed by atoms with Gasteiger partial charge in [0.25, 0.3) is 0 Å². The molecule has 0 aliphatic rings. The van der Waals surface area contributed by atoms with Gasteiger partial charge in [0, 0.05) is 6.42 Å². The Morgan fingerprint density at radius 3 is 1.43 bits per heavy atom. The van der Waals surface area contributed by atoms with Crippen LogP contribution < -0.4 is 5.32 Å². The maximum absolute atomic E-state index is 12.3. The second-order valence-electron chi connectivity index (χ2n) is 13.0. The van der Waals surface area contributed by atoms with E-state index < -0.39 is 12.1 Å². The van der Waals surface area contributed by atoms with E-state index in [-0.39, 0.29) is 12.5 Å². The molecular weight excluding hydrogens is 566 g/mol. The minimum absolute atomic E-state index is 0.0812. The van der Waals surface area contributed by atoms with Crippen LogP contribution in [0.4, 0.5) is 0 Å². The molecule has 0 rings (SSSR count). The van der Waals surface area contributed by atoms with Crippen LogP contribution in [-0.2, 0) is 4.79 Å². The first-order chi connectivity index (χ1) is 22.7. The number of nitrogens with one attached hydrogen (secondary N) is 1. The number of carbonyl (C=O) groups excluding carboxylic acids is 1. The van der Waals surface area contributed by atoms with Gasteiger partial charge in [-0.2, -0.15) is 0 Å². The van der Waals surface area contributed by atoms with Crippen LogP contribution in [0.3, 0.4) is 0 Å². The van der Waals surface area contributed by atoms with Crippen molar-refractivity contribution in [1.29, 1.82) is 0 Å². The van der Waals surface area contributed by atoms with Crippen molar-refractivity contribution in [3.63, 3.8) is 0 Å². The van der Waals surface area contributed by atoms with Crippen molar-refractivity contribution >= 4 is 5.91 Å². The topological polar surface area (TPSA) is 69.6 Å². The molecule has 0 saturated carbocycles. The lowest BCUT2D eigenvalue weighted by Gasteiger charge is -2.20. The molecule has 46 heavy (non-hydrogen) atoms. The Labute approximate surface area is 286 Å². The largest absolute Gasteiger partial charge is 0.394 e. The lowest BCUT2D eigenvalue weighted by Crippen LogP contribution is -2.45. The van der Waals surface area contributed by atoms with E-state index in [4.69, 9.17) is 0 Å². The van der Waals surface area contributed by atoms with Crippen molar-refractivity contribution in [3.8, 4) is 0 Å². The Balaban J connectivity index is 3.67. The quantitative estimate of drug-likeness (QED) is 0.0483. The predicted octanol–water partition coefficient (Wildman–Crippen LogP) is 11.8. The predicted molar refractivity (Wildman–Crippen MR) is 202 cm³/mol. The van der Waals surface area contributed by atoms with Crippen molar-refractivity contribution in [3.05, 3.63) is 60.8 Å². The molecule has 1 amide bonds. The van der Waals surface area contributed by atoms with Crippen LogP contribution in [-0.4, -0.2) is 34.9 Å². The van der Waals surface area contributed by atoms with E-state index >= 15 is 0 Å². The Hall–Kier alpha value is -1.91. The minimum Gasteiger partial charge on any atom is -0.394 e. The van der Waals surface area contributed by atoms with Crippen molar-refractivity contribution in [2.45, 2.75) is 193 Å². The highest BCUT2D eigenvalue weighted by molar-refractivity contribution is 5.76. The molecule has 0 heterocycles. The first-order valence-electron chi connectivity index (χ1n) is 19.5. The van der Waals surface area contributed by atoms with Crippen LogP contribution in [0.1, 0.15) is 181 Å². The van der Waals surface area contributed by atoms with Gasteiger partial charge in [-0.05, 0) is 57.8 Å². The number of amides is 1. The fraction of sp³-hybridized carbons (Fsp3) is 0.738. The highest BCUT2D eigenvalue weighted by Crippen LogP contribution is 2.13. The number of unbranched alkanes of at least 4 members (excludes halogenated alkanes) is 19. The van der Waals surface area contributed by atoms with Gasteiger partial charge in [0.05, 0.1) is 18.8 Å². The fourth-order valence-electron chi connectivity index (χ4n) is 5.52. The molecule has 4 heteroatoms. The van der Waals surface area contributed by atoms with Crippen molar-refractivity contribution < 1.29 is 15.0 Å². The summed E-state index contributed by atoms with van der Waals surface area (Å²) in [5.41, 5.74) is 0. The van der Waals surface area contributed by atoms with Crippen molar-refractivity contribution in [2.24, 2.45) is 0 Å². The molecule has 2 atom stereocenters. The molecule has 0 saturated heterocycles. The Bertz CT molecular complexity index is 782. The number of allylic oxidation sites excluding steroid dienone is 9. The molecule has 0 aromatic rings. The zero-order chi connectivity index (χ0) is 33.6. The van der Waals surface area contributed by atoms with Crippen LogP contribution in [0.2, 0.25) is 0 Å². The molecule has 4 nitrogen and oxygen atoms in total. The molecule has 0 aliphatic carbocycles. The van der Waals surface area contributed by atoms with Gasteiger partial charge < -0.3 is 15.5 Å². The maximum Gasteiger partial charge on any atom is 0.220 e. The third kappa shape index (κ3) is 33.5. The molecule has 0 aliphatic heterocycles. The van der Waals surface area contributed by atoms with Crippen molar-refractivity contribution in [2.75, 3.05) is 6.61 Å². The van der Waals surface area contributed by atoms with Gasteiger partial charge in [0.15, 0.2) is 0 Å². The molecule has 0 aromatic carbocycles. The Morgan fingerprint density at radius 2 is 0.957 bits per heavy atom. The van der Waals surface area contributed by atoms with Gasteiger partial charge in [0.2, 0.25) is 5.91 Å². The molecule has 2 unspecified atom stereocenters. The van der Waals surface area contributed by atoms with E-state index in [2.05, 4.69) is 67.8 Å². The third-order valence-electron chi connectivity index (χ3n) is 8.51. The van der Waals surface area contributed by atoms with Gasteiger partial charge in [-0.1, -0.05) is 177 Å². The summed E-state index contributed by atoms with van der Waals surface area (Å²) >= 11 is 0. The van der Waals surface area contributed by atoms with Gasteiger partial charge in [-0.3, -0.25) is 4.79 Å². The van der Waals surface area contributed by atoms with E-state index in [0.717, 1.165) is 64.2 Å². The Kier molecular flexibility index (Phi) is 36.0. The van der Waals surface area contributed by atoms with Gasteiger partial charge in [-0.15, -0.1) is 0 Å². The molecule has 0 aromatic heterocycles. The number of hydrogen-bond donors (Lipinski definition) is 3. The lowest BCUT2D eigenvalue weighted by atomic mass is 10.0. The normalized spacial score (nSPS) is 13.7. The maximum atomic E-state index is 12.3. The summed E-state index contributed by atoms with van der Waals surface area (Å²) in [7, 11) is 0. The zero-order valence-corrected chi connectivity index (χ0v) is 30.3. The molecule has 0 radical (unpaired) electrons. The highest BCUT2D eigenvalue weighted by Gasteiger charge is 2.17. The second-order valence-corrected chi connectivity index (χ2v) is 13.0. The van der Waals surface area contributed by atoms with Crippen LogP contribution in [0, 0.1) is 0 Å². The van der Waals surface area contributed by atoms with Crippen molar-refractivity contribution in [1.82, 2.24) is 5.32 Å². The zero-order valence-electron chi connectivity index (χ0n) is 30.3. The summed E-state index contributed by atoms with van der Waals surface area (Å²) in [5.74, 6) is -0.0812. The average Bonchev–Trinajstić information content (AvgIpc) is 3.06. The third-order valence-corrected chi connectivity index (χ3v) is 8.51. The molecule has 0 spiro atoms. The molecular formula is C42H75NO3. The fourth-order valence-corrected chi connectivity index (χ4v) is 5.52. The number of rotatable bonds is 34. The highest BCUT2D eigenvalue weighted by atomic mass is 16.3. The van der Waals surface area contributed by atoms with Crippen LogP contribution in [0.25, 0.3) is 0 Å². The Morgan fingerprint density at radius 1 is 0.543 bits per heavy atom. The lowest BCUT2D eigenvalue weighted by molar-refractivity contribution is -0.123. The molecule has 0 fully saturated rings. The van der Waals surface area contributed by atoms with E-state index in [1.165, 1.54) is 96.3 Å². The summed E-state index contributed by atoms with van der Waals surface area (Å²) in [5, 5.41) is 22.9. The minimum atomic E-state index is -0.846. The van der Waals surface area contributed by atoms with Gasteiger partial charge >= 0.3 is 0 Å². The summed E-state index contributed by atoms with van der Waals surface area (Å²) in [6, 6.07) is -0.631. The molecule has 0 bridgehead atoms. The first kappa shape index (κ1) is 44.1. The van der Waals surface area contributed by atoms with Crippen LogP contribution in [0.15, 0.2) is 60.8 Å². The van der Waals surface area contributed by atoms with Crippen LogP contribution in [0.5, 0.6) is 0 Å². The second kappa shape index (κ2) is 37.5. The van der Waals surface area contributed by atoms with E-state index in [1.54, 1.807) is 6.08 Å². The van der Waals surface area contributed by atoms with E-state index in [1.807, 2.05) is 6.08 Å². The first-order valence-corrected chi connectivity index (χ1v) is 19.5. The monoisotopic (exact) mass is 642 g/mol. The number of carbonyl (C=O) groups is 1. The molecule has 266 valence electrons. The molecule has 3 N–H and O–H groups in total. The standard InChI is InChI=1S/C42H75NO3/c1-3-5-7-9-11-13-15-17-19-20-21-22-24-26-28-30-32-34-36-38-42(46)43-40(39-44)41(45)37-35-33-31-29-27-25-23-18-16-14-12-10-8-6-4-2/h5,7,11,13,17,19,21-22,35,37,40-41,44-45H,3-4,6,8-10,12,14-16,18,20,23-34,36,38-39H2,1-2H3,(H,43,46)/b7-5-,13-11-,19-17-,22-21-,37-35+. The smallest absolute Gasteiger partial charge is 0.220 e. The number of hydrogen-bond acceptors (Lipinski definition) is 3. The summed E-state index contributed by atoms with van der Waals surface area (Å²) in [6.45, 7) is 4.18. The van der Waals surface area contributed by atoms with Crippen LogP contribution >= 0.6 is 0 Å². The van der Waals surface area contributed by atoms with Gasteiger partial charge in [0.1, 0.15) is 0 Å². The number of aliphatic hydroxyl groups is 2. The number of aliphatic hydroxyl groups excluding tert-OH is 2. The van der Waals surface area contributed by atoms with E-state index in [9.17, 15) is 15.0 Å².